The first kappa shape index (κ1) is 19.4. The molecule has 1 aromatic carbocycles. The Bertz CT molecular complexity index is 326. The smallest absolute Gasteiger partial charge is 0.0449 e. The summed E-state index contributed by atoms with van der Waals surface area (Å²) in [5.74, 6) is 0. The van der Waals surface area contributed by atoms with E-state index < -0.39 is 0 Å². The fourth-order valence-corrected chi connectivity index (χ4v) is 2.35. The molecule has 0 aromatic heterocycles. The predicted octanol–water partition coefficient (Wildman–Crippen LogP) is 4.39. The number of aliphatic hydroxyl groups excluding tert-OH is 1. The Morgan fingerprint density at radius 2 is 1.60 bits per heavy atom. The van der Waals surface area contributed by atoms with Crippen LogP contribution in [0.4, 0.5) is 0 Å². The standard InChI is InChI=1S/C17H29NO.ClH/c1-2-3-4-5-6-7-8-15-9-11-16(12-10-15)17(18)13-14-19;/h9-12,17,19H,2-8,13-14,18H2,1H3;1H. The maximum absolute atomic E-state index is 8.88. The first-order chi connectivity index (χ1) is 9.27. The second kappa shape index (κ2) is 12.2. The fourth-order valence-electron chi connectivity index (χ4n) is 2.35. The van der Waals surface area contributed by atoms with E-state index in [-0.39, 0.29) is 25.1 Å². The zero-order chi connectivity index (χ0) is 13.9. The van der Waals surface area contributed by atoms with Gasteiger partial charge >= 0.3 is 0 Å². The van der Waals surface area contributed by atoms with Crippen LogP contribution in [0, 0.1) is 0 Å². The van der Waals surface area contributed by atoms with Crippen LogP contribution in [0.2, 0.25) is 0 Å². The number of nitrogens with two attached hydrogens (primary N) is 1. The van der Waals surface area contributed by atoms with Crippen molar-refractivity contribution < 1.29 is 5.11 Å². The van der Waals surface area contributed by atoms with Gasteiger partial charge < -0.3 is 10.8 Å². The molecular weight excluding hydrogens is 270 g/mol. The molecule has 1 atom stereocenters. The topological polar surface area (TPSA) is 46.2 Å². The molecule has 3 N–H and O–H groups in total. The lowest BCUT2D eigenvalue weighted by atomic mass is 10.0. The molecule has 20 heavy (non-hydrogen) atoms. The minimum atomic E-state index is -0.0342. The Kier molecular flexibility index (Phi) is 11.8. The van der Waals surface area contributed by atoms with Crippen LogP contribution < -0.4 is 5.73 Å². The lowest BCUT2D eigenvalue weighted by Gasteiger charge is -2.11. The Hall–Kier alpha value is -0.570. The average Bonchev–Trinajstić information content (AvgIpc) is 2.43. The van der Waals surface area contributed by atoms with E-state index in [0.717, 1.165) is 5.56 Å². The molecule has 0 aliphatic heterocycles. The van der Waals surface area contributed by atoms with Crippen LogP contribution in [0.5, 0.6) is 0 Å². The highest BCUT2D eigenvalue weighted by Gasteiger charge is 2.04. The van der Waals surface area contributed by atoms with Crippen LogP contribution in [0.25, 0.3) is 0 Å². The van der Waals surface area contributed by atoms with Gasteiger partial charge in [-0.15, -0.1) is 12.4 Å². The molecule has 1 unspecified atom stereocenters. The number of unbranched alkanes of at least 4 members (excludes halogenated alkanes) is 5. The van der Waals surface area contributed by atoms with Crippen molar-refractivity contribution in [2.75, 3.05) is 6.61 Å². The second-order valence-electron chi connectivity index (χ2n) is 5.38. The third-order valence-corrected chi connectivity index (χ3v) is 3.67. The maximum atomic E-state index is 8.88. The molecule has 0 radical (unpaired) electrons. The van der Waals surface area contributed by atoms with Gasteiger partial charge in [0.15, 0.2) is 0 Å². The monoisotopic (exact) mass is 299 g/mol. The van der Waals surface area contributed by atoms with Crippen LogP contribution in [0.15, 0.2) is 24.3 Å². The van der Waals surface area contributed by atoms with E-state index in [9.17, 15) is 0 Å². The Morgan fingerprint density at radius 3 is 2.20 bits per heavy atom. The molecule has 0 aliphatic carbocycles. The summed E-state index contributed by atoms with van der Waals surface area (Å²) in [7, 11) is 0. The first-order valence-electron chi connectivity index (χ1n) is 7.73. The van der Waals surface area contributed by atoms with E-state index in [0.29, 0.717) is 6.42 Å². The molecule has 0 bridgehead atoms. The Balaban J connectivity index is 0.00000361. The second-order valence-corrected chi connectivity index (χ2v) is 5.38. The number of hydrogen-bond acceptors (Lipinski definition) is 2. The van der Waals surface area contributed by atoms with Crippen molar-refractivity contribution in [2.24, 2.45) is 5.73 Å². The van der Waals surface area contributed by atoms with Crippen molar-refractivity contribution in [2.45, 2.75) is 64.3 Å². The van der Waals surface area contributed by atoms with Gasteiger partial charge in [0.25, 0.3) is 0 Å². The van der Waals surface area contributed by atoms with Gasteiger partial charge in [-0.2, -0.15) is 0 Å². The number of aryl methyl sites for hydroxylation is 1. The van der Waals surface area contributed by atoms with E-state index >= 15 is 0 Å². The van der Waals surface area contributed by atoms with E-state index in [1.165, 1.54) is 50.5 Å². The SMILES string of the molecule is CCCCCCCCc1ccc(C(N)CCO)cc1.Cl. The molecule has 3 heteroatoms. The molecule has 0 saturated carbocycles. The molecule has 0 amide bonds. The van der Waals surface area contributed by atoms with Crippen LogP contribution in [-0.4, -0.2) is 11.7 Å². The minimum absolute atomic E-state index is 0. The molecule has 0 fully saturated rings. The molecule has 0 saturated heterocycles. The lowest BCUT2D eigenvalue weighted by Crippen LogP contribution is -2.11. The van der Waals surface area contributed by atoms with E-state index in [1.807, 2.05) is 0 Å². The van der Waals surface area contributed by atoms with Crippen LogP contribution in [-0.2, 0) is 6.42 Å². The number of aliphatic hydroxyl groups is 1. The van der Waals surface area contributed by atoms with E-state index in [4.69, 9.17) is 10.8 Å². The van der Waals surface area contributed by atoms with E-state index in [2.05, 4.69) is 31.2 Å². The van der Waals surface area contributed by atoms with Crippen molar-refractivity contribution in [3.05, 3.63) is 35.4 Å². The zero-order valence-electron chi connectivity index (χ0n) is 12.7. The van der Waals surface area contributed by atoms with Gasteiger partial charge in [-0.25, -0.2) is 0 Å². The molecule has 0 heterocycles. The van der Waals surface area contributed by atoms with Gasteiger partial charge in [0.05, 0.1) is 0 Å². The molecule has 0 aliphatic rings. The summed E-state index contributed by atoms with van der Waals surface area (Å²) in [5.41, 5.74) is 8.49. The largest absolute Gasteiger partial charge is 0.396 e. The van der Waals surface area contributed by atoms with Gasteiger partial charge in [-0.1, -0.05) is 63.3 Å². The summed E-state index contributed by atoms with van der Waals surface area (Å²) in [5, 5.41) is 8.88. The van der Waals surface area contributed by atoms with Gasteiger partial charge in [0.1, 0.15) is 0 Å². The number of hydrogen-bond donors (Lipinski definition) is 2. The summed E-state index contributed by atoms with van der Waals surface area (Å²) in [6.45, 7) is 2.41. The fraction of sp³-hybridized carbons (Fsp3) is 0.647. The van der Waals surface area contributed by atoms with Gasteiger partial charge in [0.2, 0.25) is 0 Å². The van der Waals surface area contributed by atoms with Crippen LogP contribution in [0.1, 0.15) is 69.0 Å². The highest BCUT2D eigenvalue weighted by atomic mass is 35.5. The summed E-state index contributed by atoms with van der Waals surface area (Å²) in [6, 6.07) is 8.53. The Morgan fingerprint density at radius 1 is 1.00 bits per heavy atom. The first-order valence-corrected chi connectivity index (χ1v) is 7.73. The van der Waals surface area contributed by atoms with Crippen molar-refractivity contribution in [1.29, 1.82) is 0 Å². The average molecular weight is 300 g/mol. The quantitative estimate of drug-likeness (QED) is 0.629. The lowest BCUT2D eigenvalue weighted by molar-refractivity contribution is 0.276. The molecular formula is C17H30ClNO. The summed E-state index contributed by atoms with van der Waals surface area (Å²) < 4.78 is 0. The highest BCUT2D eigenvalue weighted by molar-refractivity contribution is 5.85. The van der Waals surface area contributed by atoms with Crippen LogP contribution >= 0.6 is 12.4 Å². The third kappa shape index (κ3) is 7.88. The normalized spacial score (nSPS) is 11.9. The van der Waals surface area contributed by atoms with Gasteiger partial charge in [0, 0.05) is 12.6 Å². The number of benzene rings is 1. The molecule has 0 spiro atoms. The van der Waals surface area contributed by atoms with Crippen molar-refractivity contribution in [1.82, 2.24) is 0 Å². The number of rotatable bonds is 10. The minimum Gasteiger partial charge on any atom is -0.396 e. The van der Waals surface area contributed by atoms with Gasteiger partial charge in [-0.05, 0) is 30.4 Å². The number of halogens is 1. The highest BCUT2D eigenvalue weighted by Crippen LogP contribution is 2.16. The van der Waals surface area contributed by atoms with Crippen molar-refractivity contribution >= 4 is 12.4 Å². The van der Waals surface area contributed by atoms with Gasteiger partial charge in [-0.3, -0.25) is 0 Å². The predicted molar refractivity (Wildman–Crippen MR) is 89.4 cm³/mol. The van der Waals surface area contributed by atoms with E-state index in [1.54, 1.807) is 0 Å². The van der Waals surface area contributed by atoms with Crippen LogP contribution in [0.3, 0.4) is 0 Å². The Labute approximate surface area is 130 Å². The summed E-state index contributed by atoms with van der Waals surface area (Å²) in [4.78, 5) is 0. The molecule has 1 aromatic rings. The van der Waals surface area contributed by atoms with Crippen molar-refractivity contribution in [3.63, 3.8) is 0 Å². The molecule has 1 rings (SSSR count). The third-order valence-electron chi connectivity index (χ3n) is 3.67. The molecule has 2 nitrogen and oxygen atoms in total. The summed E-state index contributed by atoms with van der Waals surface area (Å²) in [6.07, 6.45) is 9.86. The van der Waals surface area contributed by atoms with Crippen molar-refractivity contribution in [3.8, 4) is 0 Å². The summed E-state index contributed by atoms with van der Waals surface area (Å²) >= 11 is 0. The zero-order valence-corrected chi connectivity index (χ0v) is 13.5. The maximum Gasteiger partial charge on any atom is 0.0449 e. The molecule has 116 valence electrons.